The molecule has 1 heterocycles. The number of carbonyl (C=O) groups is 1. The molecule has 0 saturated heterocycles. The van der Waals surface area contributed by atoms with Crippen LogP contribution in [0, 0.1) is 6.92 Å². The van der Waals surface area contributed by atoms with Crippen LogP contribution in [0.2, 0.25) is 0 Å². The zero-order valence-electron chi connectivity index (χ0n) is 14.8. The van der Waals surface area contributed by atoms with E-state index in [2.05, 4.69) is 40.8 Å². The van der Waals surface area contributed by atoms with E-state index in [0.717, 1.165) is 15.8 Å². The second-order valence-electron chi connectivity index (χ2n) is 6.23. The van der Waals surface area contributed by atoms with Gasteiger partial charge in [0.25, 0.3) is 0 Å². The van der Waals surface area contributed by atoms with E-state index < -0.39 is 5.25 Å². The third-order valence-corrected chi connectivity index (χ3v) is 5.44. The highest BCUT2D eigenvalue weighted by atomic mass is 32.2. The number of thioether (sulfide) groups is 1. The Balaban J connectivity index is 1.63. The number of nitrogens with one attached hydrogen (secondary N) is 1. The molecule has 3 aromatic carbocycles. The minimum absolute atomic E-state index is 0.132. The number of hydrogen-bond donors (Lipinski definition) is 1. The number of benzene rings is 3. The molecule has 0 saturated carbocycles. The van der Waals surface area contributed by atoms with Gasteiger partial charge in [-0.2, -0.15) is 0 Å². The molecular formula is C22H18N2O2S. The Morgan fingerprint density at radius 3 is 2.44 bits per heavy atom. The maximum atomic E-state index is 13.0. The maximum Gasteiger partial charge on any atom is 0.243 e. The predicted molar refractivity (Wildman–Crippen MR) is 109 cm³/mol. The maximum absolute atomic E-state index is 13.0. The molecule has 4 rings (SSSR count). The summed E-state index contributed by atoms with van der Waals surface area (Å²) in [4.78, 5) is 14.0. The molecule has 0 unspecified atom stereocenters. The van der Waals surface area contributed by atoms with Gasteiger partial charge in [-0.25, -0.2) is 0 Å². The third kappa shape index (κ3) is 4.04. The number of nitrogens with zero attached hydrogens (tertiary/aromatic N) is 1. The quantitative estimate of drug-likeness (QED) is 0.461. The second-order valence-corrected chi connectivity index (χ2v) is 7.41. The first-order valence-electron chi connectivity index (χ1n) is 8.64. The first-order chi connectivity index (χ1) is 13.2. The molecule has 0 aliphatic rings. The molecule has 134 valence electrons. The van der Waals surface area contributed by atoms with Gasteiger partial charge in [-0.05, 0) is 35.4 Å². The summed E-state index contributed by atoms with van der Waals surface area (Å²) >= 11 is 1.52. The Morgan fingerprint density at radius 1 is 0.963 bits per heavy atom. The molecular weight excluding hydrogens is 356 g/mol. The summed E-state index contributed by atoms with van der Waals surface area (Å²) < 4.78 is 5.05. The van der Waals surface area contributed by atoms with Crippen molar-refractivity contribution in [1.29, 1.82) is 0 Å². The lowest BCUT2D eigenvalue weighted by Gasteiger charge is -2.16. The molecule has 1 amide bonds. The van der Waals surface area contributed by atoms with Crippen LogP contribution in [-0.2, 0) is 4.79 Å². The molecule has 27 heavy (non-hydrogen) atoms. The van der Waals surface area contributed by atoms with Crippen molar-refractivity contribution in [3.05, 3.63) is 90.2 Å². The fourth-order valence-electron chi connectivity index (χ4n) is 2.89. The van der Waals surface area contributed by atoms with E-state index in [0.29, 0.717) is 11.6 Å². The van der Waals surface area contributed by atoms with Crippen molar-refractivity contribution >= 4 is 34.3 Å². The van der Waals surface area contributed by atoms with Gasteiger partial charge in [-0.3, -0.25) is 4.79 Å². The molecule has 0 fully saturated rings. The monoisotopic (exact) mass is 374 g/mol. The fourth-order valence-corrected chi connectivity index (χ4v) is 3.97. The molecule has 0 radical (unpaired) electrons. The van der Waals surface area contributed by atoms with Crippen LogP contribution < -0.4 is 5.32 Å². The lowest BCUT2D eigenvalue weighted by atomic mass is 10.1. The zero-order chi connectivity index (χ0) is 18.6. The Hall–Kier alpha value is -3.05. The highest BCUT2D eigenvalue weighted by Gasteiger charge is 2.23. The molecule has 1 N–H and O–H groups in total. The summed E-state index contributed by atoms with van der Waals surface area (Å²) in [6.07, 6.45) is 0. The molecule has 4 aromatic rings. The second kappa shape index (κ2) is 7.68. The molecule has 0 aliphatic carbocycles. The van der Waals surface area contributed by atoms with Crippen molar-refractivity contribution in [3.63, 3.8) is 0 Å². The van der Waals surface area contributed by atoms with E-state index in [1.54, 1.807) is 13.0 Å². The minimum Gasteiger partial charge on any atom is -0.360 e. The molecule has 0 bridgehead atoms. The Morgan fingerprint density at radius 2 is 1.70 bits per heavy atom. The highest BCUT2D eigenvalue weighted by Crippen LogP contribution is 2.37. The van der Waals surface area contributed by atoms with Crippen molar-refractivity contribution in [2.45, 2.75) is 17.1 Å². The van der Waals surface area contributed by atoms with Gasteiger partial charge in [0.1, 0.15) is 11.0 Å². The summed E-state index contributed by atoms with van der Waals surface area (Å²) in [7, 11) is 0. The summed E-state index contributed by atoms with van der Waals surface area (Å²) in [5.74, 6) is 0.953. The molecule has 5 heteroatoms. The molecule has 1 aromatic heterocycles. The Labute approximate surface area is 161 Å². The van der Waals surface area contributed by atoms with Gasteiger partial charge in [0.05, 0.1) is 0 Å². The van der Waals surface area contributed by atoms with Crippen LogP contribution in [-0.4, -0.2) is 11.1 Å². The standard InChI is InChI=1S/C22H18N2O2S/c1-15-13-20(24-26-15)23-22(25)21(17-8-3-2-4-9-17)27-19-12-11-16-7-5-6-10-18(16)14-19/h2-14,21H,1H3,(H,23,24,25)/t21-/m1/s1. The Kier molecular flexibility index (Phi) is 4.94. The number of anilines is 1. The lowest BCUT2D eigenvalue weighted by Crippen LogP contribution is -2.19. The summed E-state index contributed by atoms with van der Waals surface area (Å²) in [6, 6.07) is 25.9. The number of aryl methyl sites for hydroxylation is 1. The van der Waals surface area contributed by atoms with Gasteiger partial charge in [0, 0.05) is 11.0 Å². The number of hydrogen-bond acceptors (Lipinski definition) is 4. The summed E-state index contributed by atoms with van der Waals surface area (Å²) in [5, 5.41) is 8.65. The third-order valence-electron chi connectivity index (χ3n) is 4.19. The van der Waals surface area contributed by atoms with Crippen molar-refractivity contribution in [2.75, 3.05) is 5.32 Å². The number of fused-ring (bicyclic) bond motifs is 1. The fraction of sp³-hybridized carbons (Fsp3) is 0.0909. The average Bonchev–Trinajstić information content (AvgIpc) is 3.11. The van der Waals surface area contributed by atoms with Crippen molar-refractivity contribution in [3.8, 4) is 0 Å². The van der Waals surface area contributed by atoms with Crippen molar-refractivity contribution in [2.24, 2.45) is 0 Å². The first kappa shape index (κ1) is 17.4. The summed E-state index contributed by atoms with van der Waals surface area (Å²) in [5.41, 5.74) is 0.938. The van der Waals surface area contributed by atoms with Gasteiger partial charge in [0.2, 0.25) is 5.91 Å². The van der Waals surface area contributed by atoms with E-state index in [9.17, 15) is 4.79 Å². The smallest absolute Gasteiger partial charge is 0.243 e. The Bertz CT molecular complexity index is 1080. The van der Waals surface area contributed by atoms with Crippen LogP contribution >= 0.6 is 11.8 Å². The van der Waals surface area contributed by atoms with Crippen LogP contribution in [0.15, 0.2) is 88.3 Å². The number of carbonyl (C=O) groups excluding carboxylic acids is 1. The van der Waals surface area contributed by atoms with Gasteiger partial charge in [-0.15, -0.1) is 11.8 Å². The first-order valence-corrected chi connectivity index (χ1v) is 9.51. The van der Waals surface area contributed by atoms with Gasteiger partial charge in [-0.1, -0.05) is 65.8 Å². The molecule has 1 atom stereocenters. The largest absolute Gasteiger partial charge is 0.360 e. The van der Waals surface area contributed by atoms with Crippen molar-refractivity contribution in [1.82, 2.24) is 5.16 Å². The SMILES string of the molecule is Cc1cc(NC(=O)[C@H](Sc2ccc3ccccc3c2)c2ccccc2)no1. The van der Waals surface area contributed by atoms with Crippen LogP contribution in [0.3, 0.4) is 0 Å². The normalized spacial score (nSPS) is 12.0. The number of aromatic nitrogens is 1. The van der Waals surface area contributed by atoms with Crippen LogP contribution in [0.1, 0.15) is 16.6 Å². The van der Waals surface area contributed by atoms with Crippen LogP contribution in [0.25, 0.3) is 10.8 Å². The zero-order valence-corrected chi connectivity index (χ0v) is 15.6. The number of amides is 1. The van der Waals surface area contributed by atoms with Crippen LogP contribution in [0.5, 0.6) is 0 Å². The van der Waals surface area contributed by atoms with Crippen LogP contribution in [0.4, 0.5) is 5.82 Å². The van der Waals surface area contributed by atoms with E-state index in [1.165, 1.54) is 17.1 Å². The predicted octanol–water partition coefficient (Wildman–Crippen LogP) is 5.61. The number of rotatable bonds is 5. The molecule has 0 aliphatic heterocycles. The van der Waals surface area contributed by atoms with E-state index in [-0.39, 0.29) is 5.91 Å². The molecule has 0 spiro atoms. The molecule has 4 nitrogen and oxygen atoms in total. The van der Waals surface area contributed by atoms with Gasteiger partial charge >= 0.3 is 0 Å². The van der Waals surface area contributed by atoms with E-state index >= 15 is 0 Å². The average molecular weight is 374 g/mol. The lowest BCUT2D eigenvalue weighted by molar-refractivity contribution is -0.115. The van der Waals surface area contributed by atoms with Gasteiger partial charge < -0.3 is 9.84 Å². The van der Waals surface area contributed by atoms with Crippen molar-refractivity contribution < 1.29 is 9.32 Å². The topological polar surface area (TPSA) is 55.1 Å². The van der Waals surface area contributed by atoms with E-state index in [1.807, 2.05) is 42.5 Å². The highest BCUT2D eigenvalue weighted by molar-refractivity contribution is 8.00. The minimum atomic E-state index is -0.399. The van der Waals surface area contributed by atoms with Gasteiger partial charge in [0.15, 0.2) is 5.82 Å². The summed E-state index contributed by atoms with van der Waals surface area (Å²) in [6.45, 7) is 1.79. The van der Waals surface area contributed by atoms with E-state index in [4.69, 9.17) is 4.52 Å².